The summed E-state index contributed by atoms with van der Waals surface area (Å²) >= 11 is 3.40. The Labute approximate surface area is 116 Å². The molecule has 5 heteroatoms. The lowest BCUT2D eigenvalue weighted by Crippen LogP contribution is -2.08. The molecule has 0 aliphatic heterocycles. The van der Waals surface area contributed by atoms with Crippen LogP contribution in [0.15, 0.2) is 29.3 Å². The predicted molar refractivity (Wildman–Crippen MR) is 76.5 cm³/mol. The van der Waals surface area contributed by atoms with Gasteiger partial charge in [-0.15, -0.1) is 0 Å². The molecule has 2 rings (SSSR count). The Bertz CT molecular complexity index is 521. The van der Waals surface area contributed by atoms with Crippen LogP contribution in [0.5, 0.6) is 0 Å². The molecule has 4 nitrogen and oxygen atoms in total. The molecule has 18 heavy (non-hydrogen) atoms. The van der Waals surface area contributed by atoms with Crippen molar-refractivity contribution in [3.63, 3.8) is 0 Å². The van der Waals surface area contributed by atoms with Crippen LogP contribution in [0.4, 0.5) is 5.69 Å². The van der Waals surface area contributed by atoms with Crippen molar-refractivity contribution in [1.82, 2.24) is 14.5 Å². The summed E-state index contributed by atoms with van der Waals surface area (Å²) < 4.78 is 3.06. The minimum Gasteiger partial charge on any atom is -0.377 e. The molecule has 0 amide bonds. The number of pyridine rings is 1. The molecule has 0 saturated heterocycles. The topological polar surface area (TPSA) is 42.7 Å². The van der Waals surface area contributed by atoms with E-state index in [0.29, 0.717) is 0 Å². The van der Waals surface area contributed by atoms with Crippen molar-refractivity contribution in [3.8, 4) is 0 Å². The first-order valence-corrected chi connectivity index (χ1v) is 6.86. The second kappa shape index (κ2) is 6.00. The van der Waals surface area contributed by atoms with Crippen LogP contribution in [0.2, 0.25) is 0 Å². The number of imidazole rings is 1. The Kier molecular flexibility index (Phi) is 4.36. The third-order valence-electron chi connectivity index (χ3n) is 2.73. The normalized spacial score (nSPS) is 10.6. The number of halogens is 1. The number of aryl methyl sites for hydroxylation is 2. The summed E-state index contributed by atoms with van der Waals surface area (Å²) in [7, 11) is 0. The van der Waals surface area contributed by atoms with Gasteiger partial charge in [0.2, 0.25) is 0 Å². The average Bonchev–Trinajstić information content (AvgIpc) is 2.79. The lowest BCUT2D eigenvalue weighted by atomic mass is 10.3. The smallest absolute Gasteiger partial charge is 0.128 e. The second-order valence-electron chi connectivity index (χ2n) is 4.22. The van der Waals surface area contributed by atoms with Gasteiger partial charge in [-0.25, -0.2) is 9.97 Å². The summed E-state index contributed by atoms with van der Waals surface area (Å²) in [5.74, 6) is 1.05. The number of nitrogens with one attached hydrogen (secondary N) is 1. The Hall–Kier alpha value is -1.36. The zero-order valence-electron chi connectivity index (χ0n) is 10.7. The maximum absolute atomic E-state index is 4.36. The van der Waals surface area contributed by atoms with E-state index < -0.39 is 0 Å². The molecule has 0 fully saturated rings. The van der Waals surface area contributed by atoms with Gasteiger partial charge in [-0.1, -0.05) is 6.92 Å². The Morgan fingerprint density at radius 1 is 1.39 bits per heavy atom. The molecule has 1 N–H and O–H groups in total. The van der Waals surface area contributed by atoms with Gasteiger partial charge in [-0.05, 0) is 40.9 Å². The number of anilines is 1. The zero-order valence-corrected chi connectivity index (χ0v) is 12.2. The summed E-state index contributed by atoms with van der Waals surface area (Å²) in [4.78, 5) is 8.62. The van der Waals surface area contributed by atoms with Crippen LogP contribution < -0.4 is 5.32 Å². The molecule has 0 saturated carbocycles. The van der Waals surface area contributed by atoms with E-state index in [1.54, 1.807) is 0 Å². The van der Waals surface area contributed by atoms with E-state index in [9.17, 15) is 0 Å². The molecular weight excluding hydrogens is 292 g/mol. The van der Waals surface area contributed by atoms with Crippen LogP contribution in [0.1, 0.15) is 24.7 Å². The molecule has 0 aliphatic rings. The van der Waals surface area contributed by atoms with Crippen LogP contribution in [-0.4, -0.2) is 14.5 Å². The number of nitrogens with zero attached hydrogens (tertiary/aromatic N) is 3. The number of aromatic nitrogens is 3. The number of rotatable bonds is 5. The average molecular weight is 309 g/mol. The Morgan fingerprint density at radius 3 is 2.94 bits per heavy atom. The summed E-state index contributed by atoms with van der Waals surface area (Å²) in [5, 5.41) is 3.35. The fourth-order valence-corrected chi connectivity index (χ4v) is 2.00. The van der Waals surface area contributed by atoms with E-state index in [0.717, 1.165) is 41.2 Å². The summed E-state index contributed by atoms with van der Waals surface area (Å²) in [6.45, 7) is 5.92. The van der Waals surface area contributed by atoms with Gasteiger partial charge in [-0.2, -0.15) is 0 Å². The van der Waals surface area contributed by atoms with Gasteiger partial charge in [0, 0.05) is 18.9 Å². The van der Waals surface area contributed by atoms with Crippen LogP contribution in [0.3, 0.4) is 0 Å². The number of hydrogen-bond acceptors (Lipinski definition) is 3. The molecule has 0 aromatic carbocycles. The molecule has 2 aromatic heterocycles. The fraction of sp³-hybridized carbons (Fsp3) is 0.385. The lowest BCUT2D eigenvalue weighted by molar-refractivity contribution is 0.644. The first kappa shape index (κ1) is 13.1. The highest BCUT2D eigenvalue weighted by Crippen LogP contribution is 2.17. The van der Waals surface area contributed by atoms with E-state index in [4.69, 9.17) is 0 Å². The first-order chi connectivity index (χ1) is 8.70. The van der Waals surface area contributed by atoms with Crippen molar-refractivity contribution in [2.24, 2.45) is 0 Å². The molecule has 0 spiro atoms. The third kappa shape index (κ3) is 3.10. The predicted octanol–water partition coefficient (Wildman–Crippen LogP) is 3.37. The van der Waals surface area contributed by atoms with E-state index in [1.807, 2.05) is 25.5 Å². The van der Waals surface area contributed by atoms with Crippen molar-refractivity contribution in [1.29, 1.82) is 0 Å². The minimum atomic E-state index is 0.718. The van der Waals surface area contributed by atoms with Crippen molar-refractivity contribution >= 4 is 21.6 Å². The highest BCUT2D eigenvalue weighted by Gasteiger charge is 2.03. The van der Waals surface area contributed by atoms with Crippen LogP contribution >= 0.6 is 15.9 Å². The van der Waals surface area contributed by atoms with Gasteiger partial charge in [0.1, 0.15) is 10.4 Å². The SMILES string of the molecule is CCCn1ccnc1CNc1cnc(Br)c(C)c1. The van der Waals surface area contributed by atoms with E-state index in [2.05, 4.69) is 48.8 Å². The van der Waals surface area contributed by atoms with Gasteiger partial charge in [-0.3, -0.25) is 0 Å². The highest BCUT2D eigenvalue weighted by molar-refractivity contribution is 9.10. The van der Waals surface area contributed by atoms with Gasteiger partial charge in [0.25, 0.3) is 0 Å². The third-order valence-corrected chi connectivity index (χ3v) is 3.56. The Balaban J connectivity index is 2.02. The summed E-state index contributed by atoms with van der Waals surface area (Å²) in [5.41, 5.74) is 2.14. The standard InChI is InChI=1S/C13H17BrN4/c1-3-5-18-6-4-15-12(18)9-16-11-7-10(2)13(14)17-8-11/h4,6-8,16H,3,5,9H2,1-2H3. The molecule has 0 atom stereocenters. The van der Waals surface area contributed by atoms with Crippen molar-refractivity contribution < 1.29 is 0 Å². The fourth-order valence-electron chi connectivity index (χ4n) is 1.79. The molecule has 0 aliphatic carbocycles. The van der Waals surface area contributed by atoms with Gasteiger partial charge in [0.05, 0.1) is 18.4 Å². The first-order valence-electron chi connectivity index (χ1n) is 6.06. The van der Waals surface area contributed by atoms with Crippen molar-refractivity contribution in [3.05, 3.63) is 40.6 Å². The van der Waals surface area contributed by atoms with E-state index >= 15 is 0 Å². The quantitative estimate of drug-likeness (QED) is 0.861. The molecule has 0 bridgehead atoms. The summed E-state index contributed by atoms with van der Waals surface area (Å²) in [6, 6.07) is 2.07. The molecule has 2 heterocycles. The van der Waals surface area contributed by atoms with Crippen molar-refractivity contribution in [2.75, 3.05) is 5.32 Å². The lowest BCUT2D eigenvalue weighted by Gasteiger charge is -2.09. The summed E-state index contributed by atoms with van der Waals surface area (Å²) in [6.07, 6.45) is 6.80. The minimum absolute atomic E-state index is 0.718. The Morgan fingerprint density at radius 2 is 2.22 bits per heavy atom. The zero-order chi connectivity index (χ0) is 13.0. The van der Waals surface area contributed by atoms with Crippen LogP contribution in [-0.2, 0) is 13.1 Å². The highest BCUT2D eigenvalue weighted by atomic mass is 79.9. The van der Waals surface area contributed by atoms with Crippen LogP contribution in [0, 0.1) is 6.92 Å². The van der Waals surface area contributed by atoms with Crippen molar-refractivity contribution in [2.45, 2.75) is 33.4 Å². The van der Waals surface area contributed by atoms with E-state index in [-0.39, 0.29) is 0 Å². The van der Waals surface area contributed by atoms with Gasteiger partial charge < -0.3 is 9.88 Å². The maximum Gasteiger partial charge on any atom is 0.128 e. The largest absolute Gasteiger partial charge is 0.377 e. The molecule has 0 radical (unpaired) electrons. The monoisotopic (exact) mass is 308 g/mol. The van der Waals surface area contributed by atoms with Gasteiger partial charge in [0.15, 0.2) is 0 Å². The van der Waals surface area contributed by atoms with Crippen LogP contribution in [0.25, 0.3) is 0 Å². The number of hydrogen-bond donors (Lipinski definition) is 1. The molecule has 0 unspecified atom stereocenters. The molecule has 96 valence electrons. The maximum atomic E-state index is 4.36. The second-order valence-corrected chi connectivity index (χ2v) is 4.97. The van der Waals surface area contributed by atoms with Gasteiger partial charge >= 0.3 is 0 Å². The van der Waals surface area contributed by atoms with E-state index in [1.165, 1.54) is 0 Å². The molecular formula is C13H17BrN4. The molecule has 2 aromatic rings.